The lowest BCUT2D eigenvalue weighted by molar-refractivity contribution is -0.138. The molecule has 2 aromatic rings. The number of phenolic OH excluding ortho intramolecular Hbond substituents is 1. The molecule has 1 aromatic carbocycles. The zero-order valence-electron chi connectivity index (χ0n) is 10.4. The van der Waals surface area contributed by atoms with Crippen molar-refractivity contribution in [1.29, 1.82) is 5.26 Å². The van der Waals surface area contributed by atoms with Gasteiger partial charge in [-0.1, -0.05) is 0 Å². The topological polar surface area (TPSA) is 44.0 Å². The van der Waals surface area contributed by atoms with Gasteiger partial charge in [-0.3, -0.25) is 0 Å². The maximum Gasteiger partial charge on any atom is 0.425 e. The van der Waals surface area contributed by atoms with Gasteiger partial charge in [-0.05, 0) is 24.3 Å². The Kier molecular flexibility index (Phi) is 3.83. The lowest BCUT2D eigenvalue weighted by Gasteiger charge is -2.12. The second kappa shape index (κ2) is 5.21. The van der Waals surface area contributed by atoms with Gasteiger partial charge in [0.1, 0.15) is 10.6 Å². The first-order valence-electron chi connectivity index (χ1n) is 5.55. The van der Waals surface area contributed by atoms with E-state index in [0.29, 0.717) is 12.1 Å². The molecule has 0 bridgehead atoms. The SMILES string of the molecule is N#Cc1cc(-c2ccc(C(F)(F)F)s2)c(O)c(C(F)(F)F)c1. The van der Waals surface area contributed by atoms with Crippen molar-refractivity contribution in [3.05, 3.63) is 40.3 Å². The van der Waals surface area contributed by atoms with Gasteiger partial charge in [0.15, 0.2) is 0 Å². The summed E-state index contributed by atoms with van der Waals surface area (Å²) in [5.74, 6) is -1.21. The van der Waals surface area contributed by atoms with E-state index in [9.17, 15) is 31.4 Å². The Hall–Kier alpha value is -2.21. The lowest BCUT2D eigenvalue weighted by atomic mass is 10.0. The van der Waals surface area contributed by atoms with Crippen LogP contribution in [0.4, 0.5) is 26.3 Å². The van der Waals surface area contributed by atoms with E-state index in [0.717, 1.165) is 12.1 Å². The number of aromatic hydroxyl groups is 1. The fraction of sp³-hybridized carbons (Fsp3) is 0.154. The molecule has 1 N–H and O–H groups in total. The molecule has 0 aliphatic heterocycles. The molecule has 0 saturated carbocycles. The molecule has 0 radical (unpaired) electrons. The van der Waals surface area contributed by atoms with Gasteiger partial charge in [0.05, 0.1) is 17.2 Å². The Labute approximate surface area is 123 Å². The number of halogens is 6. The molecule has 0 amide bonds. The number of hydrogen-bond acceptors (Lipinski definition) is 3. The van der Waals surface area contributed by atoms with Crippen molar-refractivity contribution >= 4 is 11.3 Å². The summed E-state index contributed by atoms with van der Waals surface area (Å²) in [6.45, 7) is 0. The lowest BCUT2D eigenvalue weighted by Crippen LogP contribution is -2.06. The third-order valence-electron chi connectivity index (χ3n) is 2.70. The van der Waals surface area contributed by atoms with E-state index >= 15 is 0 Å². The third kappa shape index (κ3) is 3.01. The molecule has 1 aromatic heterocycles. The summed E-state index contributed by atoms with van der Waals surface area (Å²) in [6, 6.07) is 4.49. The van der Waals surface area contributed by atoms with E-state index in [2.05, 4.69) is 0 Å². The summed E-state index contributed by atoms with van der Waals surface area (Å²) in [7, 11) is 0. The molecule has 0 unspecified atom stereocenters. The Balaban J connectivity index is 2.66. The van der Waals surface area contributed by atoms with E-state index in [1.54, 1.807) is 0 Å². The fourth-order valence-electron chi connectivity index (χ4n) is 1.74. The molecule has 116 valence electrons. The van der Waals surface area contributed by atoms with Gasteiger partial charge < -0.3 is 5.11 Å². The largest absolute Gasteiger partial charge is 0.507 e. The summed E-state index contributed by atoms with van der Waals surface area (Å²) in [4.78, 5) is -1.23. The zero-order chi connectivity index (χ0) is 16.7. The molecule has 0 aliphatic carbocycles. The van der Waals surface area contributed by atoms with E-state index < -0.39 is 39.7 Å². The highest BCUT2D eigenvalue weighted by Gasteiger charge is 2.37. The van der Waals surface area contributed by atoms with Crippen LogP contribution in [0.15, 0.2) is 24.3 Å². The maximum atomic E-state index is 12.8. The number of benzene rings is 1. The summed E-state index contributed by atoms with van der Waals surface area (Å²) in [5, 5.41) is 18.5. The van der Waals surface area contributed by atoms with Crippen LogP contribution < -0.4 is 0 Å². The maximum absolute atomic E-state index is 12.8. The van der Waals surface area contributed by atoms with Crippen molar-refractivity contribution in [3.63, 3.8) is 0 Å². The van der Waals surface area contributed by atoms with Crippen molar-refractivity contribution in [1.82, 2.24) is 0 Å². The van der Waals surface area contributed by atoms with Crippen molar-refractivity contribution in [2.45, 2.75) is 12.4 Å². The Morgan fingerprint density at radius 1 is 1.00 bits per heavy atom. The number of rotatable bonds is 1. The number of phenols is 1. The Morgan fingerprint density at radius 2 is 1.64 bits per heavy atom. The fourth-order valence-corrected chi connectivity index (χ4v) is 2.63. The minimum Gasteiger partial charge on any atom is -0.507 e. The molecule has 0 saturated heterocycles. The Bertz CT molecular complexity index is 753. The first-order chi connectivity index (χ1) is 10.0. The quantitative estimate of drug-likeness (QED) is 0.742. The first-order valence-corrected chi connectivity index (χ1v) is 6.37. The number of thiophene rings is 1. The van der Waals surface area contributed by atoms with E-state index in [4.69, 9.17) is 5.26 Å². The van der Waals surface area contributed by atoms with Gasteiger partial charge in [-0.2, -0.15) is 31.6 Å². The average Bonchev–Trinajstić information content (AvgIpc) is 2.87. The predicted molar refractivity (Wildman–Crippen MR) is 66.1 cm³/mol. The average molecular weight is 337 g/mol. The summed E-state index contributed by atoms with van der Waals surface area (Å²) >= 11 is 0.184. The predicted octanol–water partition coefficient (Wildman–Crippen LogP) is 5.03. The van der Waals surface area contributed by atoms with Crippen molar-refractivity contribution < 1.29 is 31.4 Å². The van der Waals surface area contributed by atoms with Gasteiger partial charge in [0.2, 0.25) is 0 Å². The molecule has 2 rings (SSSR count). The molecule has 22 heavy (non-hydrogen) atoms. The molecule has 2 nitrogen and oxygen atoms in total. The smallest absolute Gasteiger partial charge is 0.425 e. The Morgan fingerprint density at radius 3 is 2.09 bits per heavy atom. The van der Waals surface area contributed by atoms with Gasteiger partial charge in [0, 0.05) is 10.4 Å². The molecule has 0 fully saturated rings. The highest BCUT2D eigenvalue weighted by Crippen LogP contribution is 2.45. The third-order valence-corrected chi connectivity index (χ3v) is 3.86. The first kappa shape index (κ1) is 16.2. The molecule has 0 aliphatic rings. The summed E-state index contributed by atoms with van der Waals surface area (Å²) in [6.07, 6.45) is -9.58. The summed E-state index contributed by atoms with van der Waals surface area (Å²) in [5.41, 5.74) is -2.35. The monoisotopic (exact) mass is 337 g/mol. The molecule has 1 heterocycles. The van der Waals surface area contributed by atoms with Crippen molar-refractivity contribution in [3.8, 4) is 22.3 Å². The highest BCUT2D eigenvalue weighted by molar-refractivity contribution is 7.15. The second-order valence-corrected chi connectivity index (χ2v) is 5.27. The standard InChI is InChI=1S/C13H5F6NOS/c14-12(15,16)8-4-6(5-20)3-7(11(8)21)9-1-2-10(22-9)13(17,18)19/h1-4,21H. The van der Waals surface area contributed by atoms with E-state index in [1.165, 1.54) is 6.07 Å². The van der Waals surface area contributed by atoms with Crippen LogP contribution in [0.2, 0.25) is 0 Å². The van der Waals surface area contributed by atoms with Gasteiger partial charge >= 0.3 is 12.4 Å². The summed E-state index contributed by atoms with van der Waals surface area (Å²) < 4.78 is 76.1. The van der Waals surface area contributed by atoms with E-state index in [-0.39, 0.29) is 16.2 Å². The normalized spacial score (nSPS) is 12.2. The minimum absolute atomic E-state index is 0.184. The molecule has 0 spiro atoms. The van der Waals surface area contributed by atoms with Crippen LogP contribution in [0.5, 0.6) is 5.75 Å². The van der Waals surface area contributed by atoms with Crippen molar-refractivity contribution in [2.75, 3.05) is 0 Å². The van der Waals surface area contributed by atoms with Crippen LogP contribution in [0.1, 0.15) is 16.0 Å². The van der Waals surface area contributed by atoms with Crippen LogP contribution in [0, 0.1) is 11.3 Å². The number of nitrogens with zero attached hydrogens (tertiary/aromatic N) is 1. The van der Waals surface area contributed by atoms with Gasteiger partial charge in [-0.15, -0.1) is 11.3 Å². The molecule has 0 atom stereocenters. The van der Waals surface area contributed by atoms with Crippen LogP contribution in [-0.2, 0) is 12.4 Å². The zero-order valence-corrected chi connectivity index (χ0v) is 11.2. The van der Waals surface area contributed by atoms with Crippen LogP contribution in [0.3, 0.4) is 0 Å². The second-order valence-electron chi connectivity index (χ2n) is 4.19. The molecular formula is C13H5F6NOS. The van der Waals surface area contributed by atoms with Gasteiger partial charge in [-0.25, -0.2) is 0 Å². The van der Waals surface area contributed by atoms with Crippen LogP contribution >= 0.6 is 11.3 Å². The van der Waals surface area contributed by atoms with Crippen LogP contribution in [-0.4, -0.2) is 5.11 Å². The number of hydrogen-bond donors (Lipinski definition) is 1. The van der Waals surface area contributed by atoms with Crippen LogP contribution in [0.25, 0.3) is 10.4 Å². The van der Waals surface area contributed by atoms with Crippen molar-refractivity contribution in [2.24, 2.45) is 0 Å². The molecular weight excluding hydrogens is 332 g/mol. The van der Waals surface area contributed by atoms with E-state index in [1.807, 2.05) is 0 Å². The number of nitriles is 1. The minimum atomic E-state index is -4.93. The van der Waals surface area contributed by atoms with Gasteiger partial charge in [0.25, 0.3) is 0 Å². The molecule has 9 heteroatoms. The number of alkyl halides is 6. The highest BCUT2D eigenvalue weighted by atomic mass is 32.1.